The van der Waals surface area contributed by atoms with Gasteiger partial charge >= 0.3 is 5.97 Å². The molecule has 0 bridgehead atoms. The second-order valence-corrected chi connectivity index (χ2v) is 4.60. The Labute approximate surface area is 122 Å². The summed E-state index contributed by atoms with van der Waals surface area (Å²) >= 11 is 5.88. The molecule has 0 saturated heterocycles. The van der Waals surface area contributed by atoms with Gasteiger partial charge in [0.25, 0.3) is 0 Å². The monoisotopic (exact) mass is 288 g/mol. The summed E-state index contributed by atoms with van der Waals surface area (Å²) in [5.41, 5.74) is 0.595. The van der Waals surface area contributed by atoms with Crippen molar-refractivity contribution in [2.45, 2.75) is 12.8 Å². The molecule has 0 amide bonds. The van der Waals surface area contributed by atoms with Gasteiger partial charge in [-0.15, -0.1) is 0 Å². The van der Waals surface area contributed by atoms with Crippen LogP contribution in [0, 0.1) is 0 Å². The molecular formula is C16H13ClO3. The number of carbonyl (C=O) groups is 2. The zero-order valence-electron chi connectivity index (χ0n) is 10.7. The number of Topliss-reactive ketones (excluding diaryl/α,β-unsaturated/α-hetero) is 1. The number of halogens is 1. The number of rotatable bonds is 5. The van der Waals surface area contributed by atoms with E-state index in [4.69, 9.17) is 16.3 Å². The molecule has 0 atom stereocenters. The Balaban J connectivity index is 1.87. The Hall–Kier alpha value is -2.13. The molecule has 0 saturated carbocycles. The minimum absolute atomic E-state index is 0.0267. The maximum Gasteiger partial charge on any atom is 0.311 e. The summed E-state index contributed by atoms with van der Waals surface area (Å²) in [6.45, 7) is 0. The SMILES string of the molecule is O=C(CCC(=O)c1ccccc1)Oc1ccccc1Cl. The third-order valence-corrected chi connectivity index (χ3v) is 3.02. The summed E-state index contributed by atoms with van der Waals surface area (Å²) in [7, 11) is 0. The molecule has 0 heterocycles. The highest BCUT2D eigenvalue weighted by Gasteiger charge is 2.11. The van der Waals surface area contributed by atoms with Gasteiger partial charge in [-0.25, -0.2) is 0 Å². The molecule has 0 aliphatic heterocycles. The van der Waals surface area contributed by atoms with Gasteiger partial charge in [0.15, 0.2) is 5.78 Å². The Kier molecular flexibility index (Phi) is 4.91. The van der Waals surface area contributed by atoms with E-state index >= 15 is 0 Å². The van der Waals surface area contributed by atoms with Crippen molar-refractivity contribution in [1.82, 2.24) is 0 Å². The van der Waals surface area contributed by atoms with Gasteiger partial charge in [-0.05, 0) is 12.1 Å². The first-order chi connectivity index (χ1) is 9.66. The number of benzene rings is 2. The van der Waals surface area contributed by atoms with Crippen LogP contribution >= 0.6 is 11.6 Å². The number of carbonyl (C=O) groups excluding carboxylic acids is 2. The fourth-order valence-electron chi connectivity index (χ4n) is 1.69. The number of ether oxygens (including phenoxy) is 1. The molecule has 0 fully saturated rings. The minimum Gasteiger partial charge on any atom is -0.425 e. The highest BCUT2D eigenvalue weighted by molar-refractivity contribution is 6.32. The van der Waals surface area contributed by atoms with Crippen molar-refractivity contribution in [3.63, 3.8) is 0 Å². The molecule has 0 N–H and O–H groups in total. The van der Waals surface area contributed by atoms with Crippen molar-refractivity contribution in [3.05, 3.63) is 65.2 Å². The normalized spacial score (nSPS) is 10.1. The summed E-state index contributed by atoms with van der Waals surface area (Å²) < 4.78 is 5.11. The molecular weight excluding hydrogens is 276 g/mol. The third kappa shape index (κ3) is 3.93. The maximum atomic E-state index is 11.8. The summed E-state index contributed by atoms with van der Waals surface area (Å²) in [4.78, 5) is 23.5. The van der Waals surface area contributed by atoms with Crippen LogP contribution in [0.3, 0.4) is 0 Å². The van der Waals surface area contributed by atoms with Crippen molar-refractivity contribution in [2.75, 3.05) is 0 Å². The number of para-hydroxylation sites is 1. The molecule has 0 aliphatic carbocycles. The van der Waals surface area contributed by atoms with E-state index in [1.807, 2.05) is 6.07 Å². The van der Waals surface area contributed by atoms with Crippen LogP contribution in [0.25, 0.3) is 0 Å². The van der Waals surface area contributed by atoms with Gasteiger partial charge in [0.05, 0.1) is 11.4 Å². The average molecular weight is 289 g/mol. The van der Waals surface area contributed by atoms with Crippen LogP contribution in [-0.4, -0.2) is 11.8 Å². The van der Waals surface area contributed by atoms with Gasteiger partial charge in [0.1, 0.15) is 5.75 Å². The fraction of sp³-hybridized carbons (Fsp3) is 0.125. The van der Waals surface area contributed by atoms with Gasteiger partial charge in [0.2, 0.25) is 0 Å². The average Bonchev–Trinajstić information content (AvgIpc) is 2.48. The van der Waals surface area contributed by atoms with E-state index in [1.54, 1.807) is 48.5 Å². The second-order valence-electron chi connectivity index (χ2n) is 4.19. The third-order valence-electron chi connectivity index (χ3n) is 2.71. The van der Waals surface area contributed by atoms with E-state index in [9.17, 15) is 9.59 Å². The van der Waals surface area contributed by atoms with Crippen molar-refractivity contribution in [2.24, 2.45) is 0 Å². The molecule has 2 aromatic rings. The van der Waals surface area contributed by atoms with E-state index in [-0.39, 0.29) is 18.6 Å². The Bertz CT molecular complexity index is 608. The minimum atomic E-state index is -0.470. The van der Waals surface area contributed by atoms with E-state index < -0.39 is 5.97 Å². The van der Waals surface area contributed by atoms with E-state index in [2.05, 4.69) is 0 Å². The molecule has 2 rings (SSSR count). The molecule has 3 nitrogen and oxygen atoms in total. The molecule has 0 aromatic heterocycles. The first kappa shape index (κ1) is 14.3. The standard InChI is InChI=1S/C16H13ClO3/c17-13-8-4-5-9-15(13)20-16(19)11-10-14(18)12-6-2-1-3-7-12/h1-9H,10-11H2. The molecule has 0 spiro atoms. The lowest BCUT2D eigenvalue weighted by Crippen LogP contribution is -2.11. The molecule has 0 aliphatic rings. The van der Waals surface area contributed by atoms with Crippen molar-refractivity contribution in [1.29, 1.82) is 0 Å². The van der Waals surface area contributed by atoms with Crippen molar-refractivity contribution in [3.8, 4) is 5.75 Å². The van der Waals surface area contributed by atoms with Crippen LogP contribution in [0.2, 0.25) is 5.02 Å². The van der Waals surface area contributed by atoms with Crippen LogP contribution in [0.5, 0.6) is 5.75 Å². The number of esters is 1. The van der Waals surface area contributed by atoms with Crippen LogP contribution < -0.4 is 4.74 Å². The Morgan fingerprint density at radius 3 is 2.25 bits per heavy atom. The lowest BCUT2D eigenvalue weighted by atomic mass is 10.1. The highest BCUT2D eigenvalue weighted by atomic mass is 35.5. The largest absolute Gasteiger partial charge is 0.425 e. The van der Waals surface area contributed by atoms with Crippen LogP contribution in [0.4, 0.5) is 0 Å². The molecule has 0 radical (unpaired) electrons. The van der Waals surface area contributed by atoms with Gasteiger partial charge < -0.3 is 4.74 Å². The number of hydrogen-bond acceptors (Lipinski definition) is 3. The van der Waals surface area contributed by atoms with Crippen LogP contribution in [-0.2, 0) is 4.79 Å². The first-order valence-electron chi connectivity index (χ1n) is 6.20. The zero-order chi connectivity index (χ0) is 14.4. The fourth-order valence-corrected chi connectivity index (χ4v) is 1.86. The summed E-state index contributed by atoms with van der Waals surface area (Å²) in [6, 6.07) is 15.6. The lowest BCUT2D eigenvalue weighted by molar-refractivity contribution is -0.134. The Morgan fingerprint density at radius 2 is 1.55 bits per heavy atom. The molecule has 102 valence electrons. The second kappa shape index (κ2) is 6.87. The summed E-state index contributed by atoms with van der Waals surface area (Å²) in [5.74, 6) is -0.240. The number of hydrogen-bond donors (Lipinski definition) is 0. The first-order valence-corrected chi connectivity index (χ1v) is 6.58. The predicted octanol–water partition coefficient (Wildman–Crippen LogP) is 3.91. The molecule has 0 unspecified atom stereocenters. The summed E-state index contributed by atoms with van der Waals surface area (Å²) in [6.07, 6.45) is 0.145. The van der Waals surface area contributed by atoms with Gasteiger partial charge in [0, 0.05) is 12.0 Å². The zero-order valence-corrected chi connectivity index (χ0v) is 11.5. The highest BCUT2D eigenvalue weighted by Crippen LogP contribution is 2.23. The molecule has 2 aromatic carbocycles. The van der Waals surface area contributed by atoms with E-state index in [0.29, 0.717) is 16.3 Å². The van der Waals surface area contributed by atoms with Crippen LogP contribution in [0.15, 0.2) is 54.6 Å². The van der Waals surface area contributed by atoms with Gasteiger partial charge in [-0.3, -0.25) is 9.59 Å². The quantitative estimate of drug-likeness (QED) is 0.476. The maximum absolute atomic E-state index is 11.8. The smallest absolute Gasteiger partial charge is 0.311 e. The number of ketones is 1. The van der Waals surface area contributed by atoms with Crippen molar-refractivity contribution >= 4 is 23.4 Å². The predicted molar refractivity (Wildman–Crippen MR) is 77.1 cm³/mol. The lowest BCUT2D eigenvalue weighted by Gasteiger charge is -2.05. The molecule has 4 heteroatoms. The van der Waals surface area contributed by atoms with Crippen LogP contribution in [0.1, 0.15) is 23.2 Å². The Morgan fingerprint density at radius 1 is 0.900 bits per heavy atom. The van der Waals surface area contributed by atoms with E-state index in [0.717, 1.165) is 0 Å². The topological polar surface area (TPSA) is 43.4 Å². The van der Waals surface area contributed by atoms with E-state index in [1.165, 1.54) is 0 Å². The van der Waals surface area contributed by atoms with Crippen molar-refractivity contribution < 1.29 is 14.3 Å². The summed E-state index contributed by atoms with van der Waals surface area (Å²) in [5, 5.41) is 0.371. The molecule has 20 heavy (non-hydrogen) atoms. The van der Waals surface area contributed by atoms with Gasteiger partial charge in [-0.1, -0.05) is 54.1 Å². The van der Waals surface area contributed by atoms with Gasteiger partial charge in [-0.2, -0.15) is 0 Å².